The monoisotopic (exact) mass is 290 g/mol. The van der Waals surface area contributed by atoms with Crippen molar-refractivity contribution in [2.75, 3.05) is 34.3 Å². The molecule has 0 radical (unpaired) electrons. The second-order valence-electron chi connectivity index (χ2n) is 6.50. The molecular formula is C17H26N2O2. The first kappa shape index (κ1) is 14.8. The van der Waals surface area contributed by atoms with Crippen LogP contribution in [-0.2, 0) is 6.42 Å². The van der Waals surface area contributed by atoms with Gasteiger partial charge in [0.25, 0.3) is 0 Å². The third-order valence-electron chi connectivity index (χ3n) is 5.20. The maximum absolute atomic E-state index is 10.7. The molecule has 4 heteroatoms. The summed E-state index contributed by atoms with van der Waals surface area (Å²) in [6.07, 6.45) is 3.07. The van der Waals surface area contributed by atoms with Crippen LogP contribution < -0.4 is 4.74 Å². The quantitative estimate of drug-likeness (QED) is 0.915. The van der Waals surface area contributed by atoms with Crippen molar-refractivity contribution in [2.45, 2.75) is 37.5 Å². The lowest BCUT2D eigenvalue weighted by Crippen LogP contribution is -2.43. The lowest BCUT2D eigenvalue weighted by Gasteiger charge is -2.31. The summed E-state index contributed by atoms with van der Waals surface area (Å²) in [6, 6.07) is 6.86. The van der Waals surface area contributed by atoms with E-state index in [-0.39, 0.29) is 6.04 Å². The highest BCUT2D eigenvalue weighted by atomic mass is 16.5. The van der Waals surface area contributed by atoms with Crippen molar-refractivity contribution in [1.29, 1.82) is 0 Å². The maximum atomic E-state index is 10.7. The average Bonchev–Trinajstić information content (AvgIpc) is 3.03. The fourth-order valence-corrected chi connectivity index (χ4v) is 3.78. The summed E-state index contributed by atoms with van der Waals surface area (Å²) < 4.78 is 5.27. The summed E-state index contributed by atoms with van der Waals surface area (Å²) in [4.78, 5) is 4.78. The summed E-state index contributed by atoms with van der Waals surface area (Å²) >= 11 is 0. The molecule has 1 aliphatic carbocycles. The molecule has 1 N–H and O–H groups in total. The van der Waals surface area contributed by atoms with Gasteiger partial charge in [-0.05, 0) is 63.2 Å². The Morgan fingerprint density at radius 2 is 2.24 bits per heavy atom. The van der Waals surface area contributed by atoms with Gasteiger partial charge in [-0.2, -0.15) is 0 Å². The van der Waals surface area contributed by atoms with E-state index in [9.17, 15) is 5.11 Å². The standard InChI is InChI=1S/C17H26N2O2/c1-18-8-4-5-13(18)11-19(2)16-9-12-6-7-14(21-3)10-15(12)17(16)20/h6-7,10,13,16-17,20H,4-5,8-9,11H2,1-3H3. The second kappa shape index (κ2) is 5.95. The zero-order valence-corrected chi connectivity index (χ0v) is 13.2. The molecule has 0 aromatic heterocycles. The normalized spacial score (nSPS) is 29.1. The molecule has 116 valence electrons. The van der Waals surface area contributed by atoms with Crippen molar-refractivity contribution >= 4 is 0 Å². The highest BCUT2D eigenvalue weighted by Gasteiger charge is 2.35. The van der Waals surface area contributed by atoms with Gasteiger partial charge in [-0.15, -0.1) is 0 Å². The van der Waals surface area contributed by atoms with E-state index >= 15 is 0 Å². The number of aliphatic hydroxyl groups is 1. The molecule has 1 aliphatic heterocycles. The second-order valence-corrected chi connectivity index (χ2v) is 6.50. The van der Waals surface area contributed by atoms with E-state index in [1.54, 1.807) is 7.11 Å². The molecule has 1 saturated heterocycles. The lowest BCUT2D eigenvalue weighted by atomic mass is 10.1. The fourth-order valence-electron chi connectivity index (χ4n) is 3.78. The van der Waals surface area contributed by atoms with E-state index in [0.717, 1.165) is 24.3 Å². The topological polar surface area (TPSA) is 35.9 Å². The van der Waals surface area contributed by atoms with E-state index < -0.39 is 6.10 Å². The minimum atomic E-state index is -0.410. The summed E-state index contributed by atoms with van der Waals surface area (Å²) in [5, 5.41) is 10.7. The number of methoxy groups -OCH3 is 1. The summed E-state index contributed by atoms with van der Waals surface area (Å²) in [5.74, 6) is 0.826. The van der Waals surface area contributed by atoms with Crippen LogP contribution in [0.4, 0.5) is 0 Å². The van der Waals surface area contributed by atoms with Gasteiger partial charge in [-0.3, -0.25) is 4.90 Å². The van der Waals surface area contributed by atoms with Crippen LogP contribution in [0.2, 0.25) is 0 Å². The Kier molecular flexibility index (Phi) is 4.20. The predicted molar refractivity (Wildman–Crippen MR) is 83.7 cm³/mol. The molecular weight excluding hydrogens is 264 g/mol. The van der Waals surface area contributed by atoms with E-state index in [2.05, 4.69) is 30.0 Å². The van der Waals surface area contributed by atoms with Gasteiger partial charge in [0, 0.05) is 18.6 Å². The smallest absolute Gasteiger partial charge is 0.119 e. The van der Waals surface area contributed by atoms with Crippen LogP contribution in [-0.4, -0.2) is 61.3 Å². The molecule has 3 atom stereocenters. The van der Waals surface area contributed by atoms with Gasteiger partial charge in [-0.25, -0.2) is 0 Å². The van der Waals surface area contributed by atoms with E-state index in [1.165, 1.54) is 24.9 Å². The maximum Gasteiger partial charge on any atom is 0.119 e. The zero-order chi connectivity index (χ0) is 15.0. The zero-order valence-electron chi connectivity index (χ0n) is 13.2. The molecule has 1 heterocycles. The molecule has 1 fully saturated rings. The average molecular weight is 290 g/mol. The van der Waals surface area contributed by atoms with Crippen LogP contribution in [0.15, 0.2) is 18.2 Å². The number of nitrogens with zero attached hydrogens (tertiary/aromatic N) is 2. The van der Waals surface area contributed by atoms with Crippen molar-refractivity contribution < 1.29 is 9.84 Å². The third-order valence-corrected chi connectivity index (χ3v) is 5.20. The number of aliphatic hydroxyl groups excluding tert-OH is 1. The number of hydrogen-bond donors (Lipinski definition) is 1. The van der Waals surface area contributed by atoms with Gasteiger partial charge in [0.1, 0.15) is 5.75 Å². The number of likely N-dealkylation sites (tertiary alicyclic amines) is 1. The van der Waals surface area contributed by atoms with Gasteiger partial charge in [-0.1, -0.05) is 6.07 Å². The van der Waals surface area contributed by atoms with Gasteiger partial charge in [0.05, 0.1) is 13.2 Å². The van der Waals surface area contributed by atoms with Crippen LogP contribution in [0.25, 0.3) is 0 Å². The first-order valence-corrected chi connectivity index (χ1v) is 7.85. The SMILES string of the molecule is COc1ccc2c(c1)C(O)C(N(C)CC1CCCN1C)C2. The molecule has 21 heavy (non-hydrogen) atoms. The van der Waals surface area contributed by atoms with Crippen LogP contribution in [0.5, 0.6) is 5.75 Å². The molecule has 0 spiro atoms. The molecule has 2 aliphatic rings. The Morgan fingerprint density at radius 3 is 2.90 bits per heavy atom. The lowest BCUT2D eigenvalue weighted by molar-refractivity contribution is 0.0636. The van der Waals surface area contributed by atoms with Gasteiger partial charge < -0.3 is 14.7 Å². The van der Waals surface area contributed by atoms with Crippen LogP contribution in [0.3, 0.4) is 0 Å². The number of likely N-dealkylation sites (N-methyl/N-ethyl adjacent to an activating group) is 2. The molecule has 0 amide bonds. The predicted octanol–water partition coefficient (Wildman–Crippen LogP) is 1.68. The number of hydrogen-bond acceptors (Lipinski definition) is 4. The van der Waals surface area contributed by atoms with E-state index in [4.69, 9.17) is 4.74 Å². The molecule has 0 saturated carbocycles. The van der Waals surface area contributed by atoms with E-state index in [0.29, 0.717) is 6.04 Å². The highest BCUT2D eigenvalue weighted by molar-refractivity contribution is 5.41. The van der Waals surface area contributed by atoms with Crippen LogP contribution in [0, 0.1) is 0 Å². The molecule has 3 rings (SSSR count). The Bertz CT molecular complexity index is 506. The van der Waals surface area contributed by atoms with Crippen molar-refractivity contribution in [1.82, 2.24) is 9.80 Å². The number of rotatable bonds is 4. The Labute approximate surface area is 127 Å². The highest BCUT2D eigenvalue weighted by Crippen LogP contribution is 2.36. The minimum absolute atomic E-state index is 0.182. The van der Waals surface area contributed by atoms with Gasteiger partial charge in [0.2, 0.25) is 0 Å². The van der Waals surface area contributed by atoms with Gasteiger partial charge in [0.15, 0.2) is 0 Å². The van der Waals surface area contributed by atoms with Crippen molar-refractivity contribution in [3.63, 3.8) is 0 Å². The van der Waals surface area contributed by atoms with Crippen molar-refractivity contribution in [2.24, 2.45) is 0 Å². The molecule has 0 bridgehead atoms. The van der Waals surface area contributed by atoms with Crippen molar-refractivity contribution in [3.05, 3.63) is 29.3 Å². The van der Waals surface area contributed by atoms with E-state index in [1.807, 2.05) is 12.1 Å². The summed E-state index contributed by atoms with van der Waals surface area (Å²) in [7, 11) is 6.02. The van der Waals surface area contributed by atoms with Crippen molar-refractivity contribution in [3.8, 4) is 5.75 Å². The molecule has 3 unspecified atom stereocenters. The van der Waals surface area contributed by atoms with Crippen LogP contribution >= 0.6 is 0 Å². The first-order valence-electron chi connectivity index (χ1n) is 7.85. The molecule has 4 nitrogen and oxygen atoms in total. The Morgan fingerprint density at radius 1 is 1.43 bits per heavy atom. The molecule has 1 aromatic carbocycles. The van der Waals surface area contributed by atoms with Crippen LogP contribution in [0.1, 0.15) is 30.1 Å². The summed E-state index contributed by atoms with van der Waals surface area (Å²) in [6.45, 7) is 2.23. The first-order chi connectivity index (χ1) is 10.1. The Balaban J connectivity index is 1.70. The Hall–Kier alpha value is -1.10. The number of fused-ring (bicyclic) bond motifs is 1. The summed E-state index contributed by atoms with van der Waals surface area (Å²) in [5.41, 5.74) is 2.28. The number of ether oxygens (including phenoxy) is 1. The molecule has 1 aromatic rings. The largest absolute Gasteiger partial charge is 0.497 e. The van der Waals surface area contributed by atoms with Gasteiger partial charge >= 0.3 is 0 Å². The fraction of sp³-hybridized carbons (Fsp3) is 0.647. The third kappa shape index (κ3) is 2.80. The number of benzene rings is 1. The minimum Gasteiger partial charge on any atom is -0.497 e.